The molecule has 0 radical (unpaired) electrons. The van der Waals surface area contributed by atoms with Crippen molar-refractivity contribution in [2.75, 3.05) is 4.90 Å². The Morgan fingerprint density at radius 3 is 1.48 bits per heavy atom. The Hall–Kier alpha value is -6.96. The Balaban J connectivity index is 0.995. The third kappa shape index (κ3) is 4.52. The van der Waals surface area contributed by atoms with E-state index >= 15 is 0 Å². The molecule has 0 aromatic heterocycles. The van der Waals surface area contributed by atoms with Gasteiger partial charge in [0.15, 0.2) is 0 Å². The fraction of sp³-hybridized carbons (Fsp3) is 0.0189. The monoisotopic (exact) mass is 690 g/mol. The van der Waals surface area contributed by atoms with Gasteiger partial charge in [-0.1, -0.05) is 164 Å². The van der Waals surface area contributed by atoms with E-state index in [1.165, 1.54) is 50.1 Å². The Morgan fingerprint density at radius 1 is 0.333 bits per heavy atom. The maximum atomic E-state index is 8.49. The minimum Gasteiger partial charge on any atom is -0.310 e. The molecule has 2 aliphatic rings. The van der Waals surface area contributed by atoms with Gasteiger partial charge in [-0.3, -0.25) is 0 Å². The van der Waals surface area contributed by atoms with E-state index in [2.05, 4.69) is 144 Å². The van der Waals surface area contributed by atoms with Gasteiger partial charge in [0.05, 0.1) is 12.3 Å². The van der Waals surface area contributed by atoms with Gasteiger partial charge in [-0.2, -0.15) is 0 Å². The van der Waals surface area contributed by atoms with Gasteiger partial charge >= 0.3 is 0 Å². The molecule has 0 amide bonds. The number of hydrogen-bond donors (Lipinski definition) is 0. The van der Waals surface area contributed by atoms with Crippen molar-refractivity contribution in [3.8, 4) is 44.5 Å². The van der Waals surface area contributed by atoms with Crippen LogP contribution >= 0.6 is 0 Å². The van der Waals surface area contributed by atoms with Gasteiger partial charge < -0.3 is 4.90 Å². The quantitative estimate of drug-likeness (QED) is 0.174. The summed E-state index contributed by atoms with van der Waals surface area (Å²) >= 11 is 0. The molecule has 0 N–H and O–H groups in total. The van der Waals surface area contributed by atoms with Crippen LogP contribution in [0.25, 0.3) is 55.3 Å². The van der Waals surface area contributed by atoms with Crippen LogP contribution in [0.15, 0.2) is 212 Å². The molecule has 0 unspecified atom stereocenters. The average Bonchev–Trinajstić information content (AvgIpc) is 3.75. The summed E-state index contributed by atoms with van der Waals surface area (Å²) in [5.41, 5.74) is 16.0. The fourth-order valence-corrected chi connectivity index (χ4v) is 9.02. The molecule has 0 atom stereocenters. The van der Waals surface area contributed by atoms with Crippen molar-refractivity contribution in [3.05, 3.63) is 234 Å². The molecule has 54 heavy (non-hydrogen) atoms. The van der Waals surface area contributed by atoms with E-state index in [4.69, 9.17) is 6.85 Å². The number of benzene rings is 9. The molecule has 11 rings (SSSR count). The standard InChI is InChI=1S/C53H35N/c1-3-13-36(14-4-1)37-25-29-43(30-26-37)54(42-15-5-2-6-16-42)44-31-27-39-33-38(23-24-40(39)34-44)41-28-32-48-47-19-9-12-22-51(47)53(52(48)35-41)49-20-10-7-17-45(49)46-18-8-11-21-50(46)53/h1-35H/i1D,3D,4D,13D,14D. The molecular weight excluding hydrogens is 651 g/mol. The molecule has 9 aromatic rings. The number of anilines is 3. The van der Waals surface area contributed by atoms with Gasteiger partial charge in [0.1, 0.15) is 0 Å². The third-order valence-corrected chi connectivity index (χ3v) is 11.3. The number of fused-ring (bicyclic) bond motifs is 11. The lowest BCUT2D eigenvalue weighted by atomic mass is 9.70. The van der Waals surface area contributed by atoms with Crippen molar-refractivity contribution in [2.24, 2.45) is 0 Å². The van der Waals surface area contributed by atoms with Gasteiger partial charge in [0, 0.05) is 17.1 Å². The van der Waals surface area contributed by atoms with E-state index in [9.17, 15) is 0 Å². The fourth-order valence-electron chi connectivity index (χ4n) is 9.02. The Morgan fingerprint density at radius 2 is 0.815 bits per heavy atom. The molecule has 1 heteroatoms. The van der Waals surface area contributed by atoms with Gasteiger partial charge in [-0.05, 0) is 126 Å². The number of para-hydroxylation sites is 1. The molecule has 252 valence electrons. The second-order valence-corrected chi connectivity index (χ2v) is 14.1. The van der Waals surface area contributed by atoms with Crippen LogP contribution in [0.5, 0.6) is 0 Å². The first kappa shape index (κ1) is 25.9. The maximum Gasteiger partial charge on any atom is 0.0725 e. The van der Waals surface area contributed by atoms with Crippen LogP contribution in [-0.4, -0.2) is 0 Å². The van der Waals surface area contributed by atoms with Gasteiger partial charge in [0.25, 0.3) is 0 Å². The highest BCUT2D eigenvalue weighted by Gasteiger charge is 2.51. The number of hydrogen-bond acceptors (Lipinski definition) is 1. The van der Waals surface area contributed by atoms with E-state index < -0.39 is 11.5 Å². The molecule has 0 aliphatic heterocycles. The molecule has 0 saturated carbocycles. The summed E-state index contributed by atoms with van der Waals surface area (Å²) in [5.74, 6) is 0. The second kappa shape index (κ2) is 12.0. The SMILES string of the molecule is [2H]c1c([2H])c([2H])c(-c2ccc(N(c3ccccc3)c3ccc4cc(-c5ccc6c(c5)C5(c7ccccc7-c7ccccc75)c5ccccc5-6)ccc4c3)cc2)c([2H])c1[2H]. The first-order valence-corrected chi connectivity index (χ1v) is 18.3. The summed E-state index contributed by atoms with van der Waals surface area (Å²) in [4.78, 5) is 2.17. The molecule has 1 nitrogen and oxygen atoms in total. The van der Waals surface area contributed by atoms with Crippen molar-refractivity contribution in [2.45, 2.75) is 5.41 Å². The lowest BCUT2D eigenvalue weighted by molar-refractivity contribution is 0.794. The molecule has 9 aromatic carbocycles. The minimum atomic E-state index is -0.396. The number of nitrogens with zero attached hydrogens (tertiary/aromatic N) is 1. The van der Waals surface area contributed by atoms with E-state index in [-0.39, 0.29) is 29.7 Å². The number of rotatable bonds is 5. The summed E-state index contributed by atoms with van der Waals surface area (Å²) in [6.07, 6.45) is 0. The van der Waals surface area contributed by atoms with Crippen LogP contribution in [-0.2, 0) is 5.41 Å². The van der Waals surface area contributed by atoms with Crippen molar-refractivity contribution in [1.82, 2.24) is 0 Å². The van der Waals surface area contributed by atoms with Crippen LogP contribution in [0, 0.1) is 0 Å². The molecule has 1 spiro atoms. The van der Waals surface area contributed by atoms with Crippen LogP contribution < -0.4 is 4.90 Å². The predicted octanol–water partition coefficient (Wildman–Crippen LogP) is 14.0. The highest BCUT2D eigenvalue weighted by atomic mass is 15.1. The summed E-state index contributed by atoms with van der Waals surface area (Å²) < 4.78 is 41.3. The van der Waals surface area contributed by atoms with Crippen LogP contribution in [0.3, 0.4) is 0 Å². The third-order valence-electron chi connectivity index (χ3n) is 11.3. The smallest absolute Gasteiger partial charge is 0.0725 e. The van der Waals surface area contributed by atoms with E-state index in [0.717, 1.165) is 33.4 Å². The molecule has 0 bridgehead atoms. The van der Waals surface area contributed by atoms with Crippen LogP contribution in [0.4, 0.5) is 17.1 Å². The predicted molar refractivity (Wildman–Crippen MR) is 226 cm³/mol. The molecule has 0 fully saturated rings. The average molecular weight is 691 g/mol. The molecule has 2 aliphatic carbocycles. The zero-order valence-corrected chi connectivity index (χ0v) is 29.3. The zero-order chi connectivity index (χ0) is 40.0. The van der Waals surface area contributed by atoms with Crippen molar-refractivity contribution >= 4 is 27.8 Å². The minimum absolute atomic E-state index is 0.191. The van der Waals surface area contributed by atoms with Crippen molar-refractivity contribution in [1.29, 1.82) is 0 Å². The Labute approximate surface area is 323 Å². The van der Waals surface area contributed by atoms with Crippen molar-refractivity contribution in [3.63, 3.8) is 0 Å². The highest BCUT2D eigenvalue weighted by molar-refractivity contribution is 5.97. The Kier molecular flexibility index (Phi) is 5.78. The van der Waals surface area contributed by atoms with Gasteiger partial charge in [0.2, 0.25) is 0 Å². The van der Waals surface area contributed by atoms with E-state index in [0.29, 0.717) is 5.56 Å². The first-order valence-electron chi connectivity index (χ1n) is 20.8. The van der Waals surface area contributed by atoms with Crippen LogP contribution in [0.1, 0.15) is 29.1 Å². The zero-order valence-electron chi connectivity index (χ0n) is 34.3. The first-order chi connectivity index (χ1) is 28.8. The van der Waals surface area contributed by atoms with Crippen LogP contribution in [0.2, 0.25) is 0 Å². The molecule has 0 heterocycles. The topological polar surface area (TPSA) is 3.24 Å². The lowest BCUT2D eigenvalue weighted by Gasteiger charge is -2.30. The van der Waals surface area contributed by atoms with Gasteiger partial charge in [-0.15, -0.1) is 0 Å². The summed E-state index contributed by atoms with van der Waals surface area (Å²) in [5, 5.41) is 2.23. The Bertz CT molecular complexity index is 3080. The largest absolute Gasteiger partial charge is 0.310 e. The van der Waals surface area contributed by atoms with E-state index in [1.807, 2.05) is 42.5 Å². The van der Waals surface area contributed by atoms with Crippen molar-refractivity contribution < 1.29 is 6.85 Å². The highest BCUT2D eigenvalue weighted by Crippen LogP contribution is 2.63. The van der Waals surface area contributed by atoms with Gasteiger partial charge in [-0.25, -0.2) is 0 Å². The van der Waals surface area contributed by atoms with E-state index in [1.54, 1.807) is 0 Å². The molecular formula is C53H35N. The summed E-state index contributed by atoms with van der Waals surface area (Å²) in [6.45, 7) is 0. The maximum absolute atomic E-state index is 8.49. The normalized spacial score (nSPS) is 14.3. The lowest BCUT2D eigenvalue weighted by Crippen LogP contribution is -2.25. The summed E-state index contributed by atoms with van der Waals surface area (Å²) in [7, 11) is 0. The molecule has 0 saturated heterocycles. The summed E-state index contributed by atoms with van der Waals surface area (Å²) in [6, 6.07) is 63.2. The second-order valence-electron chi connectivity index (χ2n) is 14.1.